The number of thiophene rings is 1. The summed E-state index contributed by atoms with van der Waals surface area (Å²) in [5.41, 5.74) is 1.06. The van der Waals surface area contributed by atoms with Gasteiger partial charge in [0.05, 0.1) is 0 Å². The molecule has 1 heterocycles. The largest absolute Gasteiger partial charge is 0.312 e. The number of rotatable bonds is 3. The maximum Gasteiger partial charge on any atom is 0.108 e. The van der Waals surface area contributed by atoms with Crippen LogP contribution in [0.3, 0.4) is 0 Å². The van der Waals surface area contributed by atoms with Crippen LogP contribution >= 0.6 is 11.3 Å². The van der Waals surface area contributed by atoms with Gasteiger partial charge in [-0.05, 0) is 37.4 Å². The summed E-state index contributed by atoms with van der Waals surface area (Å²) in [4.78, 5) is 1.29. The van der Waals surface area contributed by atoms with Crippen LogP contribution in [0.1, 0.15) is 29.8 Å². The summed E-state index contributed by atoms with van der Waals surface area (Å²) in [5, 5.41) is 5.36. The molecule has 1 saturated carbocycles. The van der Waals surface area contributed by atoms with Gasteiger partial charge in [-0.2, -0.15) is 0 Å². The number of aryl methyl sites for hydroxylation is 1. The third kappa shape index (κ3) is 1.48. The second kappa shape index (κ2) is 3.31. The Labute approximate surface area is 88.3 Å². The molecular weight excluding hydrogens is 197 g/mol. The van der Waals surface area contributed by atoms with Crippen LogP contribution in [-0.4, -0.2) is 13.2 Å². The zero-order valence-corrected chi connectivity index (χ0v) is 9.62. The molecular formula is C11H16FNS. The van der Waals surface area contributed by atoms with Crippen LogP contribution in [0.4, 0.5) is 4.39 Å². The van der Waals surface area contributed by atoms with Crippen molar-refractivity contribution in [1.29, 1.82) is 0 Å². The van der Waals surface area contributed by atoms with Gasteiger partial charge in [-0.1, -0.05) is 6.92 Å². The molecule has 3 heteroatoms. The molecule has 14 heavy (non-hydrogen) atoms. The summed E-state index contributed by atoms with van der Waals surface area (Å²) < 4.78 is 13.3. The summed E-state index contributed by atoms with van der Waals surface area (Å²) in [7, 11) is 1.91. The lowest BCUT2D eigenvalue weighted by Crippen LogP contribution is -2.25. The van der Waals surface area contributed by atoms with E-state index in [0.29, 0.717) is 6.42 Å². The number of hydrogen-bond acceptors (Lipinski definition) is 2. The van der Waals surface area contributed by atoms with Crippen molar-refractivity contribution in [2.24, 2.45) is 5.41 Å². The number of halogens is 1. The molecule has 0 spiro atoms. The molecule has 0 aromatic carbocycles. The van der Waals surface area contributed by atoms with Gasteiger partial charge in [0.25, 0.3) is 0 Å². The second-order valence-corrected chi connectivity index (χ2v) is 5.51. The van der Waals surface area contributed by atoms with E-state index in [9.17, 15) is 4.39 Å². The molecule has 0 bridgehead atoms. The van der Waals surface area contributed by atoms with Gasteiger partial charge in [-0.15, -0.1) is 11.3 Å². The normalized spacial score (nSPS) is 33.0. The Morgan fingerprint density at radius 1 is 1.71 bits per heavy atom. The van der Waals surface area contributed by atoms with Crippen LogP contribution in [-0.2, 0) is 0 Å². The van der Waals surface area contributed by atoms with E-state index in [1.807, 2.05) is 14.0 Å². The van der Waals surface area contributed by atoms with Crippen molar-refractivity contribution in [2.45, 2.75) is 32.5 Å². The monoisotopic (exact) mass is 213 g/mol. The van der Waals surface area contributed by atoms with Gasteiger partial charge in [0.2, 0.25) is 0 Å². The van der Waals surface area contributed by atoms with Crippen molar-refractivity contribution in [1.82, 2.24) is 5.32 Å². The van der Waals surface area contributed by atoms with Crippen molar-refractivity contribution in [3.8, 4) is 0 Å². The number of nitrogens with one attached hydrogen (secondary N) is 1. The van der Waals surface area contributed by atoms with E-state index >= 15 is 0 Å². The fraction of sp³-hybridized carbons (Fsp3) is 0.636. The van der Waals surface area contributed by atoms with Crippen molar-refractivity contribution in [3.05, 3.63) is 21.9 Å². The quantitative estimate of drug-likeness (QED) is 0.813. The zero-order chi connectivity index (χ0) is 10.3. The van der Waals surface area contributed by atoms with Gasteiger partial charge in [0, 0.05) is 16.3 Å². The molecule has 1 aliphatic rings. The highest BCUT2D eigenvalue weighted by atomic mass is 32.1. The van der Waals surface area contributed by atoms with Crippen molar-refractivity contribution >= 4 is 11.3 Å². The van der Waals surface area contributed by atoms with Gasteiger partial charge < -0.3 is 5.32 Å². The number of hydrogen-bond donors (Lipinski definition) is 1. The molecule has 78 valence electrons. The molecule has 1 fully saturated rings. The molecule has 3 unspecified atom stereocenters. The van der Waals surface area contributed by atoms with E-state index in [-0.39, 0.29) is 11.5 Å². The maximum absolute atomic E-state index is 13.3. The van der Waals surface area contributed by atoms with Crippen molar-refractivity contribution in [2.75, 3.05) is 7.05 Å². The van der Waals surface area contributed by atoms with Gasteiger partial charge in [-0.25, -0.2) is 4.39 Å². The highest BCUT2D eigenvalue weighted by molar-refractivity contribution is 7.10. The van der Waals surface area contributed by atoms with Crippen molar-refractivity contribution in [3.63, 3.8) is 0 Å². The average Bonchev–Trinajstić information content (AvgIpc) is 2.57. The van der Waals surface area contributed by atoms with E-state index < -0.39 is 6.17 Å². The van der Waals surface area contributed by atoms with E-state index in [1.54, 1.807) is 11.3 Å². The predicted octanol–water partition coefficient (Wildman–Crippen LogP) is 3.07. The Balaban J connectivity index is 2.22. The van der Waals surface area contributed by atoms with Crippen LogP contribution in [0.2, 0.25) is 0 Å². The molecule has 0 radical (unpaired) electrons. The summed E-state index contributed by atoms with van der Waals surface area (Å²) in [6, 6.07) is 2.32. The van der Waals surface area contributed by atoms with Crippen LogP contribution < -0.4 is 5.32 Å². The Hall–Kier alpha value is -0.410. The minimum Gasteiger partial charge on any atom is -0.312 e. The van der Waals surface area contributed by atoms with Crippen molar-refractivity contribution < 1.29 is 4.39 Å². The third-order valence-corrected chi connectivity index (χ3v) is 4.09. The number of alkyl halides is 1. The lowest BCUT2D eigenvalue weighted by molar-refractivity contribution is 0.304. The highest BCUT2D eigenvalue weighted by Gasteiger charge is 2.56. The maximum atomic E-state index is 13.3. The lowest BCUT2D eigenvalue weighted by Gasteiger charge is -2.22. The highest BCUT2D eigenvalue weighted by Crippen LogP contribution is 2.56. The SMILES string of the molecule is CNC(c1csc(C)c1)C1(C)CC1F. The van der Waals surface area contributed by atoms with Gasteiger partial charge in [-0.3, -0.25) is 0 Å². The summed E-state index contributed by atoms with van der Waals surface area (Å²) in [6.07, 6.45) is 0.0492. The first kappa shape index (κ1) is 10.1. The molecule has 1 aromatic heterocycles. The smallest absolute Gasteiger partial charge is 0.108 e. The molecule has 3 atom stereocenters. The van der Waals surface area contributed by atoms with Gasteiger partial charge in [0.1, 0.15) is 6.17 Å². The lowest BCUT2D eigenvalue weighted by atomic mass is 9.93. The summed E-state index contributed by atoms with van der Waals surface area (Å²) in [5.74, 6) is 0. The molecule has 0 saturated heterocycles. The molecule has 0 amide bonds. The van der Waals surface area contributed by atoms with Crippen LogP contribution in [0.5, 0.6) is 0 Å². The van der Waals surface area contributed by atoms with Crippen LogP contribution in [0, 0.1) is 12.3 Å². The summed E-state index contributed by atoms with van der Waals surface area (Å²) >= 11 is 1.73. The first-order valence-electron chi connectivity index (χ1n) is 4.94. The van der Waals surface area contributed by atoms with E-state index in [2.05, 4.69) is 23.7 Å². The third-order valence-electron chi connectivity index (χ3n) is 3.21. The molecule has 1 aromatic rings. The fourth-order valence-corrected chi connectivity index (χ4v) is 2.85. The first-order valence-corrected chi connectivity index (χ1v) is 5.82. The minimum absolute atomic E-state index is 0.169. The fourth-order valence-electron chi connectivity index (χ4n) is 2.12. The summed E-state index contributed by atoms with van der Waals surface area (Å²) in [6.45, 7) is 4.11. The molecule has 1 aliphatic carbocycles. The zero-order valence-electron chi connectivity index (χ0n) is 8.80. The standard InChI is InChI=1S/C11H16FNS/c1-7-4-8(6-14-7)10(13-3)11(2)5-9(11)12/h4,6,9-10,13H,5H2,1-3H3. The van der Waals surface area contributed by atoms with Gasteiger partial charge >= 0.3 is 0 Å². The molecule has 1 N–H and O–H groups in total. The predicted molar refractivity (Wildman–Crippen MR) is 58.5 cm³/mol. The molecule has 2 rings (SSSR count). The Kier molecular flexibility index (Phi) is 2.40. The van der Waals surface area contributed by atoms with E-state index in [1.165, 1.54) is 10.4 Å². The Morgan fingerprint density at radius 2 is 2.36 bits per heavy atom. The van der Waals surface area contributed by atoms with Crippen LogP contribution in [0.25, 0.3) is 0 Å². The van der Waals surface area contributed by atoms with E-state index in [4.69, 9.17) is 0 Å². The average molecular weight is 213 g/mol. The van der Waals surface area contributed by atoms with E-state index in [0.717, 1.165) is 0 Å². The minimum atomic E-state index is -0.639. The first-order chi connectivity index (χ1) is 6.58. The van der Waals surface area contributed by atoms with Crippen LogP contribution in [0.15, 0.2) is 11.4 Å². The Morgan fingerprint density at radius 3 is 2.71 bits per heavy atom. The second-order valence-electron chi connectivity index (χ2n) is 4.39. The molecule has 1 nitrogen and oxygen atoms in total. The van der Waals surface area contributed by atoms with Gasteiger partial charge in [0.15, 0.2) is 0 Å². The molecule has 0 aliphatic heterocycles. The topological polar surface area (TPSA) is 12.0 Å². The Bertz CT molecular complexity index is 336.